The van der Waals surface area contributed by atoms with Crippen LogP contribution in [0.4, 0.5) is 0 Å². The van der Waals surface area contributed by atoms with Gasteiger partial charge in [-0.3, -0.25) is 9.48 Å². The van der Waals surface area contributed by atoms with Gasteiger partial charge in [-0.25, -0.2) is 0 Å². The Morgan fingerprint density at radius 3 is 2.95 bits per heavy atom. The van der Waals surface area contributed by atoms with E-state index in [9.17, 15) is 4.79 Å². The molecule has 0 radical (unpaired) electrons. The maximum absolute atomic E-state index is 12.1. The van der Waals surface area contributed by atoms with Crippen LogP contribution in [0.15, 0.2) is 42.7 Å². The van der Waals surface area contributed by atoms with Crippen LogP contribution in [-0.4, -0.2) is 46.9 Å². The van der Waals surface area contributed by atoms with E-state index in [1.807, 2.05) is 24.3 Å². The first-order valence-corrected chi connectivity index (χ1v) is 6.82. The third-order valence-electron chi connectivity index (χ3n) is 3.33. The van der Waals surface area contributed by atoms with E-state index >= 15 is 0 Å². The molecule has 0 spiro atoms. The minimum Gasteiger partial charge on any atom is -0.486 e. The smallest absolute Gasteiger partial charge is 0.244 e. The Morgan fingerprint density at radius 2 is 2.19 bits per heavy atom. The molecule has 0 bridgehead atoms. The average molecular weight is 287 g/mol. The molecule has 0 aliphatic carbocycles. The van der Waals surface area contributed by atoms with Gasteiger partial charge in [0, 0.05) is 19.4 Å². The van der Waals surface area contributed by atoms with E-state index in [1.165, 1.54) is 0 Å². The van der Waals surface area contributed by atoms with Gasteiger partial charge in [0.1, 0.15) is 13.2 Å². The number of ether oxygens (including phenoxy) is 2. The van der Waals surface area contributed by atoms with Gasteiger partial charge in [0.15, 0.2) is 17.6 Å². The third kappa shape index (κ3) is 3.16. The number of benzene rings is 1. The van der Waals surface area contributed by atoms with E-state index in [0.717, 1.165) is 11.5 Å². The molecule has 1 aliphatic rings. The van der Waals surface area contributed by atoms with Crippen molar-refractivity contribution in [1.82, 2.24) is 14.7 Å². The monoisotopic (exact) mass is 287 g/mol. The fourth-order valence-corrected chi connectivity index (χ4v) is 2.21. The Hall–Kier alpha value is -2.50. The van der Waals surface area contributed by atoms with Crippen LogP contribution < -0.4 is 9.47 Å². The number of fused-ring (bicyclic) bond motifs is 1. The molecule has 1 atom stereocenters. The molecule has 2 heterocycles. The zero-order valence-electron chi connectivity index (χ0n) is 11.8. The molecule has 21 heavy (non-hydrogen) atoms. The standard InChI is InChI=1S/C15H17N3O3/c1-17(15(19)10-18-8-4-7-16-18)9-12-11-20-13-5-2-3-6-14(13)21-12/h2-8,12H,9-11H2,1H3. The Labute approximate surface area is 122 Å². The summed E-state index contributed by atoms with van der Waals surface area (Å²) in [5.41, 5.74) is 0. The number of nitrogens with zero attached hydrogens (tertiary/aromatic N) is 3. The van der Waals surface area contributed by atoms with Crippen molar-refractivity contribution in [3.05, 3.63) is 42.7 Å². The van der Waals surface area contributed by atoms with Crippen LogP contribution >= 0.6 is 0 Å². The largest absolute Gasteiger partial charge is 0.486 e. The van der Waals surface area contributed by atoms with Crippen molar-refractivity contribution in [3.8, 4) is 11.5 Å². The highest BCUT2D eigenvalue weighted by Crippen LogP contribution is 2.30. The van der Waals surface area contributed by atoms with Gasteiger partial charge >= 0.3 is 0 Å². The number of para-hydroxylation sites is 2. The highest BCUT2D eigenvalue weighted by molar-refractivity contribution is 5.75. The molecule has 2 aromatic rings. The molecule has 1 aromatic carbocycles. The lowest BCUT2D eigenvalue weighted by molar-refractivity contribution is -0.132. The van der Waals surface area contributed by atoms with Crippen molar-refractivity contribution < 1.29 is 14.3 Å². The lowest BCUT2D eigenvalue weighted by atomic mass is 10.2. The Kier molecular flexibility index (Phi) is 3.77. The second-order valence-corrected chi connectivity index (χ2v) is 4.98. The molecule has 0 saturated heterocycles. The highest BCUT2D eigenvalue weighted by Gasteiger charge is 2.23. The number of amides is 1. The fourth-order valence-electron chi connectivity index (χ4n) is 2.21. The topological polar surface area (TPSA) is 56.6 Å². The van der Waals surface area contributed by atoms with Crippen LogP contribution in [0.1, 0.15) is 0 Å². The molecule has 1 aliphatic heterocycles. The van der Waals surface area contributed by atoms with Crippen molar-refractivity contribution in [2.24, 2.45) is 0 Å². The van der Waals surface area contributed by atoms with Gasteiger partial charge in [0.25, 0.3) is 0 Å². The van der Waals surface area contributed by atoms with Crippen LogP contribution in [-0.2, 0) is 11.3 Å². The summed E-state index contributed by atoms with van der Waals surface area (Å²) in [5.74, 6) is 1.46. The summed E-state index contributed by atoms with van der Waals surface area (Å²) in [6.07, 6.45) is 3.26. The molecule has 6 heteroatoms. The van der Waals surface area contributed by atoms with Crippen molar-refractivity contribution in [2.75, 3.05) is 20.2 Å². The third-order valence-corrected chi connectivity index (χ3v) is 3.33. The number of likely N-dealkylation sites (N-methyl/N-ethyl adjacent to an activating group) is 1. The number of aromatic nitrogens is 2. The van der Waals surface area contributed by atoms with Gasteiger partial charge in [-0.15, -0.1) is 0 Å². The first-order valence-electron chi connectivity index (χ1n) is 6.82. The normalized spacial score (nSPS) is 16.5. The number of carbonyl (C=O) groups excluding carboxylic acids is 1. The Balaban J connectivity index is 1.56. The fraction of sp³-hybridized carbons (Fsp3) is 0.333. The summed E-state index contributed by atoms with van der Waals surface area (Å²) in [4.78, 5) is 13.7. The molecule has 110 valence electrons. The van der Waals surface area contributed by atoms with E-state index in [2.05, 4.69) is 5.10 Å². The molecular formula is C15H17N3O3. The predicted molar refractivity (Wildman–Crippen MR) is 76.2 cm³/mol. The second kappa shape index (κ2) is 5.87. The Morgan fingerprint density at radius 1 is 1.38 bits per heavy atom. The molecular weight excluding hydrogens is 270 g/mol. The van der Waals surface area contributed by atoms with Crippen molar-refractivity contribution >= 4 is 5.91 Å². The maximum atomic E-state index is 12.1. The van der Waals surface area contributed by atoms with E-state index in [0.29, 0.717) is 13.2 Å². The minimum absolute atomic E-state index is 0.0128. The molecule has 0 N–H and O–H groups in total. The molecule has 1 aromatic heterocycles. The summed E-state index contributed by atoms with van der Waals surface area (Å²) in [6, 6.07) is 9.34. The number of hydrogen-bond donors (Lipinski definition) is 0. The molecule has 0 fully saturated rings. The zero-order chi connectivity index (χ0) is 14.7. The maximum Gasteiger partial charge on any atom is 0.244 e. The van der Waals surface area contributed by atoms with Crippen molar-refractivity contribution in [1.29, 1.82) is 0 Å². The summed E-state index contributed by atoms with van der Waals surface area (Å²) >= 11 is 0. The van der Waals surface area contributed by atoms with E-state index in [1.54, 1.807) is 35.1 Å². The van der Waals surface area contributed by atoms with Crippen LogP contribution in [0.5, 0.6) is 11.5 Å². The lowest BCUT2D eigenvalue weighted by Crippen LogP contribution is -2.42. The Bertz CT molecular complexity index is 612. The highest BCUT2D eigenvalue weighted by atomic mass is 16.6. The van der Waals surface area contributed by atoms with Crippen LogP contribution in [0, 0.1) is 0 Å². The van der Waals surface area contributed by atoms with Gasteiger partial charge < -0.3 is 14.4 Å². The van der Waals surface area contributed by atoms with Crippen LogP contribution in [0.3, 0.4) is 0 Å². The van der Waals surface area contributed by atoms with Gasteiger partial charge in [-0.1, -0.05) is 12.1 Å². The van der Waals surface area contributed by atoms with Crippen molar-refractivity contribution in [3.63, 3.8) is 0 Å². The van der Waals surface area contributed by atoms with Gasteiger partial charge in [-0.2, -0.15) is 5.10 Å². The van der Waals surface area contributed by atoms with Crippen LogP contribution in [0.2, 0.25) is 0 Å². The SMILES string of the molecule is CN(CC1COc2ccccc2O1)C(=O)Cn1cccn1. The summed E-state index contributed by atoms with van der Waals surface area (Å²) in [5, 5.41) is 4.03. The number of hydrogen-bond acceptors (Lipinski definition) is 4. The minimum atomic E-state index is -0.161. The van der Waals surface area contributed by atoms with Crippen LogP contribution in [0.25, 0.3) is 0 Å². The second-order valence-electron chi connectivity index (χ2n) is 4.98. The number of rotatable bonds is 4. The molecule has 3 rings (SSSR count). The van der Waals surface area contributed by atoms with E-state index in [-0.39, 0.29) is 18.6 Å². The summed E-state index contributed by atoms with van der Waals surface area (Å²) < 4.78 is 13.1. The summed E-state index contributed by atoms with van der Waals surface area (Å²) in [6.45, 7) is 1.15. The van der Waals surface area contributed by atoms with Gasteiger partial charge in [0.05, 0.1) is 6.54 Å². The predicted octanol–water partition coefficient (Wildman–Crippen LogP) is 1.18. The molecule has 0 saturated carbocycles. The lowest BCUT2D eigenvalue weighted by Gasteiger charge is -2.29. The van der Waals surface area contributed by atoms with Crippen molar-refractivity contribution in [2.45, 2.75) is 12.6 Å². The van der Waals surface area contributed by atoms with E-state index < -0.39 is 0 Å². The number of carbonyl (C=O) groups is 1. The molecule has 6 nitrogen and oxygen atoms in total. The molecule has 1 amide bonds. The quantitative estimate of drug-likeness (QED) is 0.847. The summed E-state index contributed by atoms with van der Waals surface area (Å²) in [7, 11) is 1.76. The first-order chi connectivity index (χ1) is 10.2. The van der Waals surface area contributed by atoms with E-state index in [4.69, 9.17) is 9.47 Å². The molecule has 1 unspecified atom stereocenters. The van der Waals surface area contributed by atoms with Gasteiger partial charge in [-0.05, 0) is 18.2 Å². The average Bonchev–Trinajstić information content (AvgIpc) is 3.00. The van der Waals surface area contributed by atoms with Gasteiger partial charge in [0.2, 0.25) is 5.91 Å². The zero-order valence-corrected chi connectivity index (χ0v) is 11.8. The first kappa shape index (κ1) is 13.5.